The molecule has 18 heavy (non-hydrogen) atoms. The molecule has 0 amide bonds. The molecular formula is C14H13NO3. The first-order valence-electron chi connectivity index (χ1n) is 5.51. The van der Waals surface area contributed by atoms with Gasteiger partial charge >= 0.3 is 5.97 Å². The Balaban J connectivity index is 2.32. The first kappa shape index (κ1) is 12.1. The monoisotopic (exact) mass is 243 g/mol. The Hall–Kier alpha value is -2.36. The number of rotatable bonds is 3. The lowest BCUT2D eigenvalue weighted by atomic mass is 10.1. The second-order valence-electron chi connectivity index (χ2n) is 4.01. The van der Waals surface area contributed by atoms with Crippen molar-refractivity contribution < 1.29 is 14.3 Å². The molecule has 0 aliphatic rings. The largest absolute Gasteiger partial charge is 0.478 e. The molecule has 0 bridgehead atoms. The Morgan fingerprint density at radius 1 is 1.28 bits per heavy atom. The minimum atomic E-state index is -0.997. The predicted octanol–water partition coefficient (Wildman–Crippen LogP) is 3.06. The number of carboxylic acids is 1. The Morgan fingerprint density at radius 3 is 2.56 bits per heavy atom. The number of aromatic nitrogens is 1. The van der Waals surface area contributed by atoms with Crippen molar-refractivity contribution in [2.24, 2.45) is 0 Å². The van der Waals surface area contributed by atoms with Crippen molar-refractivity contribution in [2.75, 3.05) is 0 Å². The van der Waals surface area contributed by atoms with Crippen molar-refractivity contribution in [1.29, 1.82) is 0 Å². The third kappa shape index (κ3) is 2.85. The lowest BCUT2D eigenvalue weighted by Gasteiger charge is -2.00. The molecule has 0 spiro atoms. The molecule has 0 saturated heterocycles. The van der Waals surface area contributed by atoms with E-state index in [1.54, 1.807) is 6.07 Å². The van der Waals surface area contributed by atoms with E-state index in [0.29, 0.717) is 11.5 Å². The highest BCUT2D eigenvalue weighted by molar-refractivity contribution is 5.84. The van der Waals surface area contributed by atoms with Crippen LogP contribution in [0.2, 0.25) is 0 Å². The molecule has 0 aliphatic carbocycles. The number of nitrogens with zero attached hydrogens (tertiary/aromatic N) is 1. The topological polar surface area (TPSA) is 63.3 Å². The van der Waals surface area contributed by atoms with E-state index in [0.717, 1.165) is 23.0 Å². The number of hydrogen-bond acceptors (Lipinski definition) is 3. The van der Waals surface area contributed by atoms with E-state index in [1.807, 2.05) is 32.0 Å². The van der Waals surface area contributed by atoms with E-state index in [4.69, 9.17) is 9.52 Å². The molecular weight excluding hydrogens is 230 g/mol. The van der Waals surface area contributed by atoms with Gasteiger partial charge in [-0.1, -0.05) is 0 Å². The van der Waals surface area contributed by atoms with Gasteiger partial charge in [0.15, 0.2) is 0 Å². The smallest absolute Gasteiger partial charge is 0.328 e. The molecule has 1 N–H and O–H groups in total. The van der Waals surface area contributed by atoms with Crippen molar-refractivity contribution in [3.8, 4) is 11.3 Å². The van der Waals surface area contributed by atoms with Crippen molar-refractivity contribution in [3.63, 3.8) is 0 Å². The summed E-state index contributed by atoms with van der Waals surface area (Å²) in [5, 5.41) is 8.53. The SMILES string of the molecule is Cc1cc(-c2ccc(/C=C/C(=O)O)o2)cc(C)n1. The summed E-state index contributed by atoms with van der Waals surface area (Å²) in [5.74, 6) is 0.219. The molecule has 92 valence electrons. The number of carboxylic acid groups (broad SMARTS) is 1. The molecule has 4 heteroatoms. The van der Waals surface area contributed by atoms with E-state index in [1.165, 1.54) is 6.08 Å². The van der Waals surface area contributed by atoms with Crippen LogP contribution in [0, 0.1) is 13.8 Å². The van der Waals surface area contributed by atoms with Crippen LogP contribution in [0.5, 0.6) is 0 Å². The van der Waals surface area contributed by atoms with Gasteiger partial charge in [-0.2, -0.15) is 0 Å². The first-order valence-corrected chi connectivity index (χ1v) is 5.51. The van der Waals surface area contributed by atoms with Gasteiger partial charge in [0, 0.05) is 23.0 Å². The summed E-state index contributed by atoms with van der Waals surface area (Å²) in [6.07, 6.45) is 2.47. The average molecular weight is 243 g/mol. The maximum Gasteiger partial charge on any atom is 0.328 e. The van der Waals surface area contributed by atoms with Crippen LogP contribution in [0.25, 0.3) is 17.4 Å². The predicted molar refractivity (Wildman–Crippen MR) is 68.1 cm³/mol. The maximum absolute atomic E-state index is 10.4. The van der Waals surface area contributed by atoms with E-state index in [9.17, 15) is 4.79 Å². The molecule has 0 unspecified atom stereocenters. The maximum atomic E-state index is 10.4. The molecule has 0 radical (unpaired) electrons. The first-order chi connectivity index (χ1) is 8.54. The molecule has 2 heterocycles. The minimum Gasteiger partial charge on any atom is -0.478 e. The van der Waals surface area contributed by atoms with Gasteiger partial charge in [-0.15, -0.1) is 0 Å². The zero-order chi connectivity index (χ0) is 13.1. The standard InChI is InChI=1S/C14H13NO3/c1-9-7-11(8-10(2)15-9)13-5-3-12(18-13)4-6-14(16)17/h3-8H,1-2H3,(H,16,17)/b6-4+. The number of pyridine rings is 1. The van der Waals surface area contributed by atoms with Gasteiger partial charge in [-0.25, -0.2) is 4.79 Å². The molecule has 2 rings (SSSR count). The van der Waals surface area contributed by atoms with Gasteiger partial charge in [0.25, 0.3) is 0 Å². The van der Waals surface area contributed by atoms with Gasteiger partial charge in [-0.05, 0) is 44.2 Å². The van der Waals surface area contributed by atoms with Crippen molar-refractivity contribution >= 4 is 12.0 Å². The molecule has 2 aromatic heterocycles. The molecule has 4 nitrogen and oxygen atoms in total. The summed E-state index contributed by atoms with van der Waals surface area (Å²) >= 11 is 0. The Morgan fingerprint density at radius 2 is 1.94 bits per heavy atom. The summed E-state index contributed by atoms with van der Waals surface area (Å²) in [7, 11) is 0. The van der Waals surface area contributed by atoms with Gasteiger partial charge in [0.2, 0.25) is 0 Å². The lowest BCUT2D eigenvalue weighted by molar-refractivity contribution is -0.131. The van der Waals surface area contributed by atoms with Crippen LogP contribution >= 0.6 is 0 Å². The van der Waals surface area contributed by atoms with Crippen LogP contribution in [-0.2, 0) is 4.79 Å². The minimum absolute atomic E-state index is 0.513. The van der Waals surface area contributed by atoms with Crippen LogP contribution in [0.15, 0.2) is 34.8 Å². The molecule has 0 atom stereocenters. The second-order valence-corrected chi connectivity index (χ2v) is 4.01. The van der Waals surface area contributed by atoms with Gasteiger partial charge in [0.1, 0.15) is 11.5 Å². The summed E-state index contributed by atoms with van der Waals surface area (Å²) in [6.45, 7) is 3.84. The van der Waals surface area contributed by atoms with Gasteiger partial charge < -0.3 is 9.52 Å². The van der Waals surface area contributed by atoms with Crippen molar-refractivity contribution in [1.82, 2.24) is 4.98 Å². The fourth-order valence-corrected chi connectivity index (χ4v) is 1.73. The number of furan rings is 1. The van der Waals surface area contributed by atoms with Crippen LogP contribution in [0.3, 0.4) is 0 Å². The molecule has 0 fully saturated rings. The third-order valence-electron chi connectivity index (χ3n) is 2.38. The highest BCUT2D eigenvalue weighted by atomic mass is 16.4. The fraction of sp³-hybridized carbons (Fsp3) is 0.143. The zero-order valence-corrected chi connectivity index (χ0v) is 10.2. The fourth-order valence-electron chi connectivity index (χ4n) is 1.73. The Kier molecular flexibility index (Phi) is 3.28. The summed E-state index contributed by atoms with van der Waals surface area (Å²) in [6, 6.07) is 7.41. The van der Waals surface area contributed by atoms with Crippen LogP contribution < -0.4 is 0 Å². The van der Waals surface area contributed by atoms with Gasteiger partial charge in [-0.3, -0.25) is 4.98 Å². The van der Waals surface area contributed by atoms with Crippen LogP contribution in [0.4, 0.5) is 0 Å². The average Bonchev–Trinajstić information content (AvgIpc) is 2.73. The number of carbonyl (C=O) groups is 1. The number of aliphatic carboxylic acids is 1. The second kappa shape index (κ2) is 4.87. The quantitative estimate of drug-likeness (QED) is 0.841. The van der Waals surface area contributed by atoms with E-state index < -0.39 is 5.97 Å². The Bertz CT molecular complexity index is 591. The van der Waals surface area contributed by atoms with Crippen molar-refractivity contribution in [2.45, 2.75) is 13.8 Å². The molecule has 0 aromatic carbocycles. The van der Waals surface area contributed by atoms with Crippen LogP contribution in [-0.4, -0.2) is 16.1 Å². The highest BCUT2D eigenvalue weighted by Gasteiger charge is 2.05. The number of aryl methyl sites for hydroxylation is 2. The number of hydrogen-bond donors (Lipinski definition) is 1. The summed E-state index contributed by atoms with van der Waals surface area (Å²) in [4.78, 5) is 14.7. The van der Waals surface area contributed by atoms with E-state index >= 15 is 0 Å². The van der Waals surface area contributed by atoms with Crippen LogP contribution in [0.1, 0.15) is 17.1 Å². The van der Waals surface area contributed by atoms with E-state index in [2.05, 4.69) is 4.98 Å². The third-order valence-corrected chi connectivity index (χ3v) is 2.38. The Labute approximate surface area is 105 Å². The highest BCUT2D eigenvalue weighted by Crippen LogP contribution is 2.23. The van der Waals surface area contributed by atoms with Gasteiger partial charge in [0.05, 0.1) is 0 Å². The molecule has 0 saturated carbocycles. The summed E-state index contributed by atoms with van der Waals surface area (Å²) < 4.78 is 5.55. The zero-order valence-electron chi connectivity index (χ0n) is 10.2. The van der Waals surface area contributed by atoms with Crippen molar-refractivity contribution in [3.05, 3.63) is 47.5 Å². The normalized spacial score (nSPS) is 11.0. The summed E-state index contributed by atoms with van der Waals surface area (Å²) in [5.41, 5.74) is 2.78. The van der Waals surface area contributed by atoms with E-state index in [-0.39, 0.29) is 0 Å². The molecule has 2 aromatic rings. The molecule has 0 aliphatic heterocycles. The lowest BCUT2D eigenvalue weighted by Crippen LogP contribution is -1.86.